The molecule has 0 unspecified atom stereocenters. The van der Waals surface area contributed by atoms with E-state index < -0.39 is 0 Å². The largest absolute Gasteiger partial charge is 0.494 e. The maximum atomic E-state index is 10.2. The summed E-state index contributed by atoms with van der Waals surface area (Å²) < 4.78 is 5.52. The number of aryl methyl sites for hydroxylation is 1. The molecule has 26 heavy (non-hydrogen) atoms. The Kier molecular flexibility index (Phi) is 4.40. The lowest BCUT2D eigenvalue weighted by Crippen LogP contribution is -2.47. The summed E-state index contributed by atoms with van der Waals surface area (Å²) in [6.45, 7) is 3.28. The number of aromatic nitrogens is 2. The number of H-pyrrole nitrogens is 1. The van der Waals surface area contributed by atoms with Crippen LogP contribution in [0.15, 0.2) is 36.5 Å². The number of hydrogen-bond donors (Lipinski definition) is 5. The predicted molar refractivity (Wildman–Crippen MR) is 103 cm³/mol. The molecule has 1 saturated heterocycles. The highest BCUT2D eigenvalue weighted by molar-refractivity contribution is 5.99. The van der Waals surface area contributed by atoms with Gasteiger partial charge in [-0.15, -0.1) is 0 Å². The van der Waals surface area contributed by atoms with E-state index in [9.17, 15) is 5.11 Å². The molecule has 0 bridgehead atoms. The summed E-state index contributed by atoms with van der Waals surface area (Å²) in [5, 5.41) is 18.4. The number of nitrogens with two attached hydrogens (primary N) is 1. The molecule has 1 fully saturated rings. The molecule has 0 radical (unpaired) electrons. The van der Waals surface area contributed by atoms with E-state index in [0.717, 1.165) is 23.1 Å². The summed E-state index contributed by atoms with van der Waals surface area (Å²) in [6.07, 6.45) is 2.58. The quantitative estimate of drug-likeness (QED) is 0.494. The predicted octanol–water partition coefficient (Wildman–Crippen LogP) is 2.85. The fourth-order valence-electron chi connectivity index (χ4n) is 3.26. The normalized spacial score (nSPS) is 20.2. The van der Waals surface area contributed by atoms with Gasteiger partial charge in [0.25, 0.3) is 0 Å². The highest BCUT2D eigenvalue weighted by atomic mass is 16.5. The van der Waals surface area contributed by atoms with E-state index in [1.54, 1.807) is 6.20 Å². The standard InChI is InChI=1S/C19H23N5O2/c1-11-3-2-4-13(7-11)22-18-17-12(9-21-19(17)25)8-16(24-18)23-15-10-26-6-5-14(15)20/h2-4,7-9,14-15,21,23,25H,5-6,10,20H2,1H3,(H,22,24)/t14-,15+/m1/s1. The third-order valence-electron chi connectivity index (χ3n) is 4.67. The molecule has 1 aliphatic heterocycles. The van der Waals surface area contributed by atoms with Gasteiger partial charge in [-0.05, 0) is 37.1 Å². The van der Waals surface area contributed by atoms with Gasteiger partial charge in [-0.2, -0.15) is 0 Å². The number of nitrogens with zero attached hydrogens (tertiary/aromatic N) is 1. The monoisotopic (exact) mass is 353 g/mol. The van der Waals surface area contributed by atoms with Gasteiger partial charge in [0.05, 0.1) is 18.0 Å². The Morgan fingerprint density at radius 1 is 1.35 bits per heavy atom. The SMILES string of the molecule is Cc1cccc(Nc2nc(N[C@H]3COCC[C@H]3N)cc3c[nH]c(O)c23)c1. The van der Waals surface area contributed by atoms with Crippen molar-refractivity contribution in [1.82, 2.24) is 9.97 Å². The fraction of sp³-hybridized carbons (Fsp3) is 0.316. The molecule has 136 valence electrons. The van der Waals surface area contributed by atoms with E-state index in [1.807, 2.05) is 37.3 Å². The first-order valence-corrected chi connectivity index (χ1v) is 8.75. The van der Waals surface area contributed by atoms with Gasteiger partial charge in [0, 0.05) is 29.9 Å². The van der Waals surface area contributed by atoms with E-state index in [-0.39, 0.29) is 18.0 Å². The second-order valence-electron chi connectivity index (χ2n) is 6.73. The molecule has 0 saturated carbocycles. The van der Waals surface area contributed by atoms with Crippen LogP contribution in [0, 0.1) is 6.92 Å². The van der Waals surface area contributed by atoms with Gasteiger partial charge >= 0.3 is 0 Å². The van der Waals surface area contributed by atoms with Crippen molar-refractivity contribution in [2.24, 2.45) is 5.73 Å². The van der Waals surface area contributed by atoms with Gasteiger partial charge < -0.3 is 31.2 Å². The molecule has 0 aliphatic carbocycles. The van der Waals surface area contributed by atoms with E-state index in [1.165, 1.54) is 0 Å². The van der Waals surface area contributed by atoms with E-state index >= 15 is 0 Å². The highest BCUT2D eigenvalue weighted by Gasteiger charge is 2.23. The molecule has 1 aromatic carbocycles. The Labute approximate surface area is 151 Å². The van der Waals surface area contributed by atoms with Gasteiger partial charge in [0.2, 0.25) is 0 Å². The van der Waals surface area contributed by atoms with Crippen molar-refractivity contribution in [3.8, 4) is 5.88 Å². The Morgan fingerprint density at radius 3 is 3.04 bits per heavy atom. The molecular weight excluding hydrogens is 330 g/mol. The first-order valence-electron chi connectivity index (χ1n) is 8.75. The van der Waals surface area contributed by atoms with Crippen molar-refractivity contribution in [3.05, 3.63) is 42.1 Å². The zero-order chi connectivity index (χ0) is 18.1. The average molecular weight is 353 g/mol. The maximum Gasteiger partial charge on any atom is 0.200 e. The molecular formula is C19H23N5O2. The molecule has 7 heteroatoms. The summed E-state index contributed by atoms with van der Waals surface area (Å²) in [5.74, 6) is 1.36. The van der Waals surface area contributed by atoms with Crippen LogP contribution in [0.1, 0.15) is 12.0 Å². The highest BCUT2D eigenvalue weighted by Crippen LogP contribution is 2.34. The molecule has 6 N–H and O–H groups in total. The summed E-state index contributed by atoms with van der Waals surface area (Å²) in [5.41, 5.74) is 8.24. The van der Waals surface area contributed by atoms with Crippen LogP contribution in [0.2, 0.25) is 0 Å². The van der Waals surface area contributed by atoms with Crippen LogP contribution in [-0.4, -0.2) is 40.4 Å². The van der Waals surface area contributed by atoms with Gasteiger partial charge in [-0.3, -0.25) is 0 Å². The van der Waals surface area contributed by atoms with Crippen LogP contribution in [-0.2, 0) is 4.74 Å². The first kappa shape index (κ1) is 16.7. The minimum Gasteiger partial charge on any atom is -0.494 e. The number of aromatic hydroxyl groups is 1. The zero-order valence-corrected chi connectivity index (χ0v) is 14.6. The number of ether oxygens (including phenoxy) is 1. The summed E-state index contributed by atoms with van der Waals surface area (Å²) in [4.78, 5) is 7.53. The number of fused-ring (bicyclic) bond motifs is 1. The van der Waals surface area contributed by atoms with Crippen LogP contribution in [0.3, 0.4) is 0 Å². The Bertz CT molecular complexity index is 923. The molecule has 7 nitrogen and oxygen atoms in total. The van der Waals surface area contributed by atoms with Crippen molar-refractivity contribution >= 4 is 28.1 Å². The maximum absolute atomic E-state index is 10.2. The van der Waals surface area contributed by atoms with E-state index in [4.69, 9.17) is 10.5 Å². The first-order chi connectivity index (χ1) is 12.6. The van der Waals surface area contributed by atoms with Gasteiger partial charge in [-0.25, -0.2) is 4.98 Å². The Hall–Kier alpha value is -2.77. The molecule has 0 amide bonds. The van der Waals surface area contributed by atoms with Crippen molar-refractivity contribution in [3.63, 3.8) is 0 Å². The summed E-state index contributed by atoms with van der Waals surface area (Å²) in [6, 6.07) is 9.93. The fourth-order valence-corrected chi connectivity index (χ4v) is 3.26. The molecule has 2 atom stereocenters. The molecule has 1 aliphatic rings. The molecule has 3 heterocycles. The minimum atomic E-state index is 0.00746. The number of rotatable bonds is 4. The molecule has 3 aromatic rings. The van der Waals surface area contributed by atoms with Crippen LogP contribution in [0.4, 0.5) is 17.3 Å². The number of pyridine rings is 1. The molecule has 2 aromatic heterocycles. The molecule has 0 spiro atoms. The second-order valence-corrected chi connectivity index (χ2v) is 6.73. The number of anilines is 3. The van der Waals surface area contributed by atoms with E-state index in [2.05, 4.69) is 20.6 Å². The van der Waals surface area contributed by atoms with Gasteiger partial charge in [0.1, 0.15) is 11.6 Å². The minimum absolute atomic E-state index is 0.00746. The summed E-state index contributed by atoms with van der Waals surface area (Å²) in [7, 11) is 0. The van der Waals surface area contributed by atoms with Crippen LogP contribution in [0.25, 0.3) is 10.8 Å². The Morgan fingerprint density at radius 2 is 2.23 bits per heavy atom. The van der Waals surface area contributed by atoms with Crippen molar-refractivity contribution in [2.75, 3.05) is 23.8 Å². The number of hydrogen-bond acceptors (Lipinski definition) is 6. The van der Waals surface area contributed by atoms with Gasteiger partial charge in [-0.1, -0.05) is 12.1 Å². The second kappa shape index (κ2) is 6.86. The van der Waals surface area contributed by atoms with Crippen LogP contribution < -0.4 is 16.4 Å². The van der Waals surface area contributed by atoms with Crippen LogP contribution >= 0.6 is 0 Å². The lowest BCUT2D eigenvalue weighted by atomic mass is 10.0. The lowest BCUT2D eigenvalue weighted by molar-refractivity contribution is 0.0767. The Balaban J connectivity index is 1.69. The number of aromatic amines is 1. The third kappa shape index (κ3) is 3.31. The van der Waals surface area contributed by atoms with Crippen molar-refractivity contribution < 1.29 is 9.84 Å². The lowest BCUT2D eigenvalue weighted by Gasteiger charge is -2.29. The van der Waals surface area contributed by atoms with Gasteiger partial charge in [0.15, 0.2) is 5.88 Å². The van der Waals surface area contributed by atoms with Crippen molar-refractivity contribution in [1.29, 1.82) is 0 Å². The number of benzene rings is 1. The van der Waals surface area contributed by atoms with Crippen molar-refractivity contribution in [2.45, 2.75) is 25.4 Å². The number of nitrogens with one attached hydrogen (secondary N) is 3. The van der Waals surface area contributed by atoms with Crippen LogP contribution in [0.5, 0.6) is 5.88 Å². The zero-order valence-electron chi connectivity index (χ0n) is 14.6. The topological polar surface area (TPSA) is 108 Å². The average Bonchev–Trinajstić information content (AvgIpc) is 2.98. The molecule has 4 rings (SSSR count). The third-order valence-corrected chi connectivity index (χ3v) is 4.67. The summed E-state index contributed by atoms with van der Waals surface area (Å²) >= 11 is 0. The smallest absolute Gasteiger partial charge is 0.200 e. The van der Waals surface area contributed by atoms with E-state index in [0.29, 0.717) is 30.2 Å².